The second-order valence-electron chi connectivity index (χ2n) is 13.3. The molecule has 7 atom stereocenters. The minimum atomic E-state index is -1.01. The number of H-pyrrole nitrogens is 2. The number of aromatic amines is 2. The third-order valence-corrected chi connectivity index (χ3v) is 11.7. The maximum absolute atomic E-state index is 12.6. The highest BCUT2D eigenvalue weighted by Crippen LogP contribution is 2.64. The second-order valence-corrected chi connectivity index (χ2v) is 14.6. The minimum Gasteiger partial charge on any atom is -0.481 e. The molecule has 0 bridgehead atoms. The van der Waals surface area contributed by atoms with Crippen molar-refractivity contribution in [2.24, 2.45) is 17.8 Å². The summed E-state index contributed by atoms with van der Waals surface area (Å²) in [6.45, 7) is 11.8. The Morgan fingerprint density at radius 2 is 1.82 bits per heavy atom. The number of rotatable bonds is 12. The lowest BCUT2D eigenvalue weighted by molar-refractivity contribution is -0.137. The standard InChI is InChI=1S/C34H40N4O6S/c1-6-18-14(2)24(37-33(18)42)10-22-16(4)20(9-21-31-34(21,43)44-31)26(36-22)12-25-19(7-8-29(39)40)15(3)23(35-25)11-27-30(28-13-45-28)17(5)32(41)38-27/h6,11,17,21,24,28,30-31,35-36,43H,1,7-10,12-13H2,2-5H3,(H,37,42)(H,38,41)(H,39,40)/b27-11-/t17-,21-,24-,28-,30-,31-,34+/m1/s1. The Hall–Kier alpha value is -3.54. The lowest BCUT2D eigenvalue weighted by Gasteiger charge is -2.12. The Labute approximate surface area is 266 Å². The Balaban J connectivity index is 1.23. The number of aliphatic carboxylic acids is 1. The van der Waals surface area contributed by atoms with Crippen molar-refractivity contribution in [3.63, 3.8) is 0 Å². The molecule has 0 spiro atoms. The van der Waals surface area contributed by atoms with Crippen LogP contribution in [-0.2, 0) is 44.8 Å². The summed E-state index contributed by atoms with van der Waals surface area (Å²) in [6.07, 6.45) is 5.68. The number of amides is 2. The summed E-state index contributed by atoms with van der Waals surface area (Å²) >= 11 is 1.87. The Morgan fingerprint density at radius 1 is 1.11 bits per heavy atom. The van der Waals surface area contributed by atoms with Crippen molar-refractivity contribution in [2.45, 2.75) is 83.0 Å². The molecular formula is C34H40N4O6S. The average molecular weight is 633 g/mol. The first kappa shape index (κ1) is 30.1. The maximum Gasteiger partial charge on any atom is 0.303 e. The molecule has 0 aromatic carbocycles. The van der Waals surface area contributed by atoms with Gasteiger partial charge in [0.05, 0.1) is 12.0 Å². The third-order valence-electron chi connectivity index (χ3n) is 10.6. The van der Waals surface area contributed by atoms with Gasteiger partial charge < -0.3 is 35.6 Å². The molecule has 45 heavy (non-hydrogen) atoms. The minimum absolute atomic E-state index is 0.00538. The van der Waals surface area contributed by atoms with Gasteiger partial charge >= 0.3 is 5.97 Å². The van der Waals surface area contributed by atoms with Crippen molar-refractivity contribution >= 4 is 35.6 Å². The largest absolute Gasteiger partial charge is 0.481 e. The van der Waals surface area contributed by atoms with E-state index in [1.54, 1.807) is 6.08 Å². The van der Waals surface area contributed by atoms with Gasteiger partial charge in [0, 0.05) is 76.1 Å². The van der Waals surface area contributed by atoms with E-state index in [4.69, 9.17) is 4.74 Å². The summed E-state index contributed by atoms with van der Waals surface area (Å²) in [5, 5.41) is 26.7. The zero-order chi connectivity index (χ0) is 31.9. The molecule has 6 heterocycles. The van der Waals surface area contributed by atoms with E-state index in [9.17, 15) is 24.6 Å². The number of carboxylic acids is 1. The summed E-state index contributed by atoms with van der Waals surface area (Å²) in [5.74, 6) is -0.784. The molecule has 11 heteroatoms. The molecule has 1 aliphatic carbocycles. The highest BCUT2D eigenvalue weighted by molar-refractivity contribution is 8.06. The fourth-order valence-corrected chi connectivity index (χ4v) is 8.41. The molecule has 0 unspecified atom stereocenters. The number of nitrogens with one attached hydrogen (secondary N) is 4. The predicted octanol–water partition coefficient (Wildman–Crippen LogP) is 3.21. The van der Waals surface area contributed by atoms with Gasteiger partial charge in [-0.3, -0.25) is 14.4 Å². The van der Waals surface area contributed by atoms with Gasteiger partial charge in [0.25, 0.3) is 5.91 Å². The van der Waals surface area contributed by atoms with Gasteiger partial charge in [-0.2, -0.15) is 11.8 Å². The van der Waals surface area contributed by atoms with Crippen LogP contribution in [0, 0.1) is 31.6 Å². The van der Waals surface area contributed by atoms with E-state index >= 15 is 0 Å². The molecule has 6 N–H and O–H groups in total. The molecule has 2 aromatic heterocycles. The van der Waals surface area contributed by atoms with Crippen LogP contribution in [0.1, 0.15) is 65.3 Å². The number of carboxylic acid groups (broad SMARTS) is 1. The molecule has 0 radical (unpaired) electrons. The fraction of sp³-hybridized carbons (Fsp3) is 0.500. The van der Waals surface area contributed by atoms with Gasteiger partial charge in [-0.1, -0.05) is 19.6 Å². The Bertz CT molecular complexity index is 1710. The van der Waals surface area contributed by atoms with Crippen molar-refractivity contribution in [1.82, 2.24) is 20.6 Å². The molecule has 2 amide bonds. The van der Waals surface area contributed by atoms with E-state index < -0.39 is 11.8 Å². The number of thioether (sulfide) groups is 1. The van der Waals surface area contributed by atoms with Crippen LogP contribution >= 0.6 is 11.8 Å². The zero-order valence-electron chi connectivity index (χ0n) is 26.0. The topological polar surface area (TPSA) is 160 Å². The molecule has 238 valence electrons. The summed E-state index contributed by atoms with van der Waals surface area (Å²) in [4.78, 5) is 44.0. The van der Waals surface area contributed by atoms with Gasteiger partial charge in [0.2, 0.25) is 5.91 Å². The number of aliphatic hydroxyl groups is 1. The molecule has 2 aromatic rings. The van der Waals surface area contributed by atoms with Gasteiger partial charge in [-0.05, 0) is 67.5 Å². The van der Waals surface area contributed by atoms with Gasteiger partial charge in [-0.15, -0.1) is 0 Å². The number of carbonyl (C=O) groups excluding carboxylic acids is 2. The Morgan fingerprint density at radius 3 is 2.42 bits per heavy atom. The number of epoxide rings is 1. The lowest BCUT2D eigenvalue weighted by Crippen LogP contribution is -2.30. The van der Waals surface area contributed by atoms with Crippen molar-refractivity contribution < 1.29 is 29.3 Å². The van der Waals surface area contributed by atoms with Gasteiger partial charge in [-0.25, -0.2) is 0 Å². The predicted molar refractivity (Wildman–Crippen MR) is 170 cm³/mol. The molecule has 5 aliphatic rings. The quantitative estimate of drug-likeness (QED) is 0.196. The van der Waals surface area contributed by atoms with Crippen molar-refractivity contribution in [3.8, 4) is 0 Å². The summed E-state index contributed by atoms with van der Waals surface area (Å²) in [5.41, 5.74) is 10.5. The average Bonchev–Trinajstić information content (AvgIpc) is 3.91. The maximum atomic E-state index is 12.6. The first-order valence-corrected chi connectivity index (χ1v) is 16.8. The fourth-order valence-electron chi connectivity index (χ4n) is 7.50. The van der Waals surface area contributed by atoms with Crippen LogP contribution in [0.15, 0.2) is 29.5 Å². The number of ether oxygens (including phenoxy) is 1. The zero-order valence-corrected chi connectivity index (χ0v) is 26.8. The molecule has 10 nitrogen and oxygen atoms in total. The van der Waals surface area contributed by atoms with Crippen LogP contribution in [0.4, 0.5) is 0 Å². The van der Waals surface area contributed by atoms with Crippen LogP contribution in [0.5, 0.6) is 0 Å². The van der Waals surface area contributed by atoms with Crippen molar-refractivity contribution in [2.75, 3.05) is 5.75 Å². The lowest BCUT2D eigenvalue weighted by atomic mass is 9.91. The smallest absolute Gasteiger partial charge is 0.303 e. The summed E-state index contributed by atoms with van der Waals surface area (Å²) in [7, 11) is 0. The number of carbonyl (C=O) groups is 3. The molecule has 1 saturated carbocycles. The van der Waals surface area contributed by atoms with E-state index in [-0.39, 0.29) is 48.1 Å². The second kappa shape index (κ2) is 10.8. The molecule has 4 aliphatic heterocycles. The SMILES string of the molecule is C=CC1=C(C)[C@@H](Cc2[nH]c(Cc3[nH]c(/C=C4\NC(=O)[C@H](C)[C@H]4[C@H]4CS4)c(C)c3CCC(=O)O)c(C[C@@H]3[C@H]4O[C@@]34O)c2C)NC1=O. The molecule has 7 rings (SSSR count). The van der Waals surface area contributed by atoms with E-state index in [0.717, 1.165) is 62.1 Å². The van der Waals surface area contributed by atoms with Crippen LogP contribution in [0.25, 0.3) is 6.08 Å². The first-order chi connectivity index (χ1) is 21.4. The number of aromatic nitrogens is 2. The highest BCUT2D eigenvalue weighted by Gasteiger charge is 2.82. The van der Waals surface area contributed by atoms with Crippen LogP contribution < -0.4 is 10.6 Å². The molecule has 3 saturated heterocycles. The monoisotopic (exact) mass is 632 g/mol. The Kier molecular flexibility index (Phi) is 7.22. The van der Waals surface area contributed by atoms with E-state index in [1.807, 2.05) is 38.6 Å². The van der Waals surface area contributed by atoms with Gasteiger partial charge in [0.1, 0.15) is 6.10 Å². The van der Waals surface area contributed by atoms with Crippen LogP contribution in [-0.4, -0.2) is 66.9 Å². The number of fused-ring (bicyclic) bond motifs is 1. The first-order valence-electron chi connectivity index (χ1n) is 15.7. The molecule has 4 fully saturated rings. The van der Waals surface area contributed by atoms with E-state index in [0.29, 0.717) is 36.5 Å². The van der Waals surface area contributed by atoms with Crippen molar-refractivity contribution in [1.29, 1.82) is 0 Å². The summed E-state index contributed by atoms with van der Waals surface area (Å²) in [6, 6.07) is -0.149. The van der Waals surface area contributed by atoms with E-state index in [2.05, 4.69) is 34.1 Å². The summed E-state index contributed by atoms with van der Waals surface area (Å²) < 4.78 is 5.32. The molecular weight excluding hydrogens is 592 g/mol. The van der Waals surface area contributed by atoms with Crippen molar-refractivity contribution in [3.05, 3.63) is 74.5 Å². The number of allylic oxidation sites excluding steroid dienone is 1. The number of hydrogen-bond acceptors (Lipinski definition) is 6. The third kappa shape index (κ3) is 5.18. The van der Waals surface area contributed by atoms with E-state index in [1.165, 1.54) is 0 Å². The highest BCUT2D eigenvalue weighted by atomic mass is 32.2. The van der Waals surface area contributed by atoms with Crippen LogP contribution in [0.3, 0.4) is 0 Å². The van der Waals surface area contributed by atoms with Crippen LogP contribution in [0.2, 0.25) is 0 Å². The number of hydrogen-bond donors (Lipinski definition) is 6. The normalized spacial score (nSPS) is 32.2. The van der Waals surface area contributed by atoms with Gasteiger partial charge in [0.15, 0.2) is 5.79 Å².